The molecule has 1 heterocycles. The second kappa shape index (κ2) is 5.25. The second-order valence-electron chi connectivity index (χ2n) is 4.79. The number of rotatable bonds is 4. The molecule has 18 heavy (non-hydrogen) atoms. The number of aromatic nitrogens is 1. The molecule has 1 aromatic carbocycles. The van der Waals surface area contributed by atoms with Gasteiger partial charge in [-0.25, -0.2) is 0 Å². The fourth-order valence-corrected chi connectivity index (χ4v) is 2.23. The van der Waals surface area contributed by atoms with Gasteiger partial charge in [0.2, 0.25) is 5.88 Å². The molecule has 0 aliphatic rings. The SMILES string of the molecule is CCCCc1noc(N)c1-c1ccc(C)cc1C. The van der Waals surface area contributed by atoms with E-state index in [-0.39, 0.29) is 0 Å². The van der Waals surface area contributed by atoms with Crippen LogP contribution in [0.1, 0.15) is 36.6 Å². The van der Waals surface area contributed by atoms with E-state index in [1.54, 1.807) is 0 Å². The molecular formula is C15H20N2O. The molecule has 3 heteroatoms. The molecule has 0 fully saturated rings. The lowest BCUT2D eigenvalue weighted by Crippen LogP contribution is -1.93. The lowest BCUT2D eigenvalue weighted by molar-refractivity contribution is 0.426. The largest absolute Gasteiger partial charge is 0.367 e. The summed E-state index contributed by atoms with van der Waals surface area (Å²) in [6.07, 6.45) is 3.16. The maximum Gasteiger partial charge on any atom is 0.230 e. The zero-order chi connectivity index (χ0) is 13.1. The van der Waals surface area contributed by atoms with E-state index in [2.05, 4.69) is 44.1 Å². The normalized spacial score (nSPS) is 10.8. The van der Waals surface area contributed by atoms with Crippen LogP contribution in [0.3, 0.4) is 0 Å². The number of nitrogen functional groups attached to an aromatic ring is 1. The van der Waals surface area contributed by atoms with Crippen LogP contribution in [0.25, 0.3) is 11.1 Å². The van der Waals surface area contributed by atoms with Crippen molar-refractivity contribution in [2.24, 2.45) is 0 Å². The van der Waals surface area contributed by atoms with Crippen molar-refractivity contribution in [3.63, 3.8) is 0 Å². The van der Waals surface area contributed by atoms with Gasteiger partial charge < -0.3 is 10.3 Å². The molecule has 2 rings (SSSR count). The third-order valence-corrected chi connectivity index (χ3v) is 3.21. The Morgan fingerprint density at radius 1 is 1.28 bits per heavy atom. The fraction of sp³-hybridized carbons (Fsp3) is 0.400. The number of hydrogen-bond acceptors (Lipinski definition) is 3. The summed E-state index contributed by atoms with van der Waals surface area (Å²) in [7, 11) is 0. The number of anilines is 1. The van der Waals surface area contributed by atoms with E-state index >= 15 is 0 Å². The van der Waals surface area contributed by atoms with E-state index < -0.39 is 0 Å². The minimum absolute atomic E-state index is 0.424. The molecule has 0 atom stereocenters. The summed E-state index contributed by atoms with van der Waals surface area (Å²) in [4.78, 5) is 0. The zero-order valence-electron chi connectivity index (χ0n) is 11.3. The smallest absolute Gasteiger partial charge is 0.230 e. The van der Waals surface area contributed by atoms with Gasteiger partial charge in [-0.1, -0.05) is 42.3 Å². The van der Waals surface area contributed by atoms with E-state index in [4.69, 9.17) is 10.3 Å². The van der Waals surface area contributed by atoms with Gasteiger partial charge in [-0.2, -0.15) is 0 Å². The van der Waals surface area contributed by atoms with Gasteiger partial charge in [-0.15, -0.1) is 0 Å². The van der Waals surface area contributed by atoms with Crippen LogP contribution in [-0.2, 0) is 6.42 Å². The molecule has 0 bridgehead atoms. The number of aryl methyl sites for hydroxylation is 3. The van der Waals surface area contributed by atoms with Crippen molar-refractivity contribution in [1.29, 1.82) is 0 Å². The maximum atomic E-state index is 5.92. The number of hydrogen-bond donors (Lipinski definition) is 1. The van der Waals surface area contributed by atoms with Crippen molar-refractivity contribution in [2.75, 3.05) is 5.73 Å². The zero-order valence-corrected chi connectivity index (χ0v) is 11.3. The predicted octanol–water partition coefficient (Wildman–Crippen LogP) is 3.88. The molecule has 0 radical (unpaired) electrons. The molecule has 0 unspecified atom stereocenters. The van der Waals surface area contributed by atoms with Crippen LogP contribution >= 0.6 is 0 Å². The Morgan fingerprint density at radius 3 is 2.72 bits per heavy atom. The molecule has 3 nitrogen and oxygen atoms in total. The molecule has 2 N–H and O–H groups in total. The summed E-state index contributed by atoms with van der Waals surface area (Å²) in [6.45, 7) is 6.35. The van der Waals surface area contributed by atoms with Crippen molar-refractivity contribution in [3.05, 3.63) is 35.0 Å². The van der Waals surface area contributed by atoms with Crippen molar-refractivity contribution >= 4 is 5.88 Å². The quantitative estimate of drug-likeness (QED) is 0.887. The fourth-order valence-electron chi connectivity index (χ4n) is 2.23. The van der Waals surface area contributed by atoms with Crippen molar-refractivity contribution < 1.29 is 4.52 Å². The van der Waals surface area contributed by atoms with E-state index in [0.29, 0.717) is 5.88 Å². The van der Waals surface area contributed by atoms with Crippen molar-refractivity contribution in [2.45, 2.75) is 40.0 Å². The number of nitrogens with zero attached hydrogens (tertiary/aromatic N) is 1. The van der Waals surface area contributed by atoms with Crippen LogP contribution in [0, 0.1) is 13.8 Å². The first-order chi connectivity index (χ1) is 8.63. The van der Waals surface area contributed by atoms with Gasteiger partial charge in [0.15, 0.2) is 0 Å². The van der Waals surface area contributed by atoms with Crippen LogP contribution in [0.5, 0.6) is 0 Å². The highest BCUT2D eigenvalue weighted by molar-refractivity contribution is 5.77. The topological polar surface area (TPSA) is 52.0 Å². The molecule has 0 spiro atoms. The van der Waals surface area contributed by atoms with Gasteiger partial charge >= 0.3 is 0 Å². The van der Waals surface area contributed by atoms with Gasteiger partial charge in [0.25, 0.3) is 0 Å². The summed E-state index contributed by atoms with van der Waals surface area (Å²) in [5.74, 6) is 0.424. The van der Waals surface area contributed by atoms with Gasteiger partial charge in [0.05, 0.1) is 11.3 Å². The monoisotopic (exact) mass is 244 g/mol. The highest BCUT2D eigenvalue weighted by Gasteiger charge is 2.16. The lowest BCUT2D eigenvalue weighted by atomic mass is 9.97. The van der Waals surface area contributed by atoms with Crippen molar-refractivity contribution in [1.82, 2.24) is 5.16 Å². The molecule has 0 saturated carbocycles. The molecule has 0 aliphatic heterocycles. The first-order valence-corrected chi connectivity index (χ1v) is 6.45. The molecule has 2 aromatic rings. The van der Waals surface area contributed by atoms with Crippen molar-refractivity contribution in [3.8, 4) is 11.1 Å². The minimum Gasteiger partial charge on any atom is -0.367 e. The summed E-state index contributed by atoms with van der Waals surface area (Å²) < 4.78 is 5.16. The Bertz CT molecular complexity index is 543. The van der Waals surface area contributed by atoms with Gasteiger partial charge in [0, 0.05) is 0 Å². The molecule has 0 saturated heterocycles. The van der Waals surface area contributed by atoms with E-state index in [1.807, 2.05) is 0 Å². The number of unbranched alkanes of at least 4 members (excludes halogenated alkanes) is 1. The van der Waals surface area contributed by atoms with Gasteiger partial charge in [0.1, 0.15) is 0 Å². The summed E-state index contributed by atoms with van der Waals surface area (Å²) in [5.41, 5.74) is 11.5. The first kappa shape index (κ1) is 12.7. The maximum absolute atomic E-state index is 5.92. The first-order valence-electron chi connectivity index (χ1n) is 6.45. The van der Waals surface area contributed by atoms with Gasteiger partial charge in [-0.3, -0.25) is 0 Å². The standard InChI is InChI=1S/C15H20N2O/c1-4-5-6-13-14(15(16)18-17-13)12-8-7-10(2)9-11(12)3/h7-9H,4-6,16H2,1-3H3. The van der Waals surface area contributed by atoms with Gasteiger partial charge in [-0.05, 0) is 37.8 Å². The lowest BCUT2D eigenvalue weighted by Gasteiger charge is -2.07. The van der Waals surface area contributed by atoms with Crippen LogP contribution in [-0.4, -0.2) is 5.16 Å². The average Bonchev–Trinajstić information content (AvgIpc) is 2.68. The van der Waals surface area contributed by atoms with Crippen LogP contribution in [0.2, 0.25) is 0 Å². The molecular weight excluding hydrogens is 224 g/mol. The Labute approximate surface area is 108 Å². The molecule has 0 aliphatic carbocycles. The third kappa shape index (κ3) is 2.40. The summed E-state index contributed by atoms with van der Waals surface area (Å²) in [6, 6.07) is 6.35. The third-order valence-electron chi connectivity index (χ3n) is 3.21. The Kier molecular flexibility index (Phi) is 3.70. The molecule has 96 valence electrons. The van der Waals surface area contributed by atoms with Crippen LogP contribution in [0.4, 0.5) is 5.88 Å². The Morgan fingerprint density at radius 2 is 2.06 bits per heavy atom. The highest BCUT2D eigenvalue weighted by atomic mass is 16.5. The Hall–Kier alpha value is -1.77. The predicted molar refractivity (Wildman–Crippen MR) is 74.4 cm³/mol. The summed E-state index contributed by atoms with van der Waals surface area (Å²) >= 11 is 0. The van der Waals surface area contributed by atoms with E-state index in [0.717, 1.165) is 36.1 Å². The second-order valence-corrected chi connectivity index (χ2v) is 4.79. The minimum atomic E-state index is 0.424. The van der Waals surface area contributed by atoms with Crippen LogP contribution in [0.15, 0.2) is 22.7 Å². The molecule has 0 amide bonds. The van der Waals surface area contributed by atoms with Crippen LogP contribution < -0.4 is 5.73 Å². The Balaban J connectivity index is 2.45. The number of nitrogens with two attached hydrogens (primary N) is 1. The molecule has 1 aromatic heterocycles. The average molecular weight is 244 g/mol. The highest BCUT2D eigenvalue weighted by Crippen LogP contribution is 2.33. The summed E-state index contributed by atoms with van der Waals surface area (Å²) in [5, 5.41) is 4.09. The van der Waals surface area contributed by atoms with E-state index in [9.17, 15) is 0 Å². The van der Waals surface area contributed by atoms with E-state index in [1.165, 1.54) is 11.1 Å². The number of benzene rings is 1.